The van der Waals surface area contributed by atoms with E-state index in [0.717, 1.165) is 5.69 Å². The first-order valence-corrected chi connectivity index (χ1v) is 4.93. The van der Waals surface area contributed by atoms with Gasteiger partial charge in [0, 0.05) is 24.5 Å². The Morgan fingerprint density at radius 3 is 2.88 bits per heavy atom. The van der Waals surface area contributed by atoms with Gasteiger partial charge in [-0.3, -0.25) is 0 Å². The second-order valence-electron chi connectivity index (χ2n) is 3.61. The molecule has 1 unspecified atom stereocenters. The third kappa shape index (κ3) is 3.13. The number of aromatic carboxylic acids is 1. The lowest BCUT2D eigenvalue weighted by molar-refractivity contribution is 0.0698. The molecule has 0 radical (unpaired) electrons. The zero-order valence-electron chi connectivity index (χ0n) is 9.36. The molecule has 0 spiro atoms. The number of carboxylic acid groups (broad SMARTS) is 1. The van der Waals surface area contributed by atoms with E-state index in [1.54, 1.807) is 19.2 Å². The molecule has 1 aromatic rings. The van der Waals surface area contributed by atoms with E-state index < -0.39 is 5.97 Å². The van der Waals surface area contributed by atoms with Crippen molar-refractivity contribution in [1.82, 2.24) is 0 Å². The number of ether oxygens (including phenoxy) is 1. The van der Waals surface area contributed by atoms with Gasteiger partial charge in [-0.15, -0.1) is 0 Å². The largest absolute Gasteiger partial charge is 0.478 e. The summed E-state index contributed by atoms with van der Waals surface area (Å²) in [6.45, 7) is 2.49. The van der Waals surface area contributed by atoms with Crippen molar-refractivity contribution in [1.29, 1.82) is 0 Å². The number of hydrogen-bond donors (Lipinski definition) is 3. The third-order valence-electron chi connectivity index (χ3n) is 2.11. The molecule has 0 saturated carbocycles. The number of carbonyl (C=O) groups is 1. The van der Waals surface area contributed by atoms with Crippen molar-refractivity contribution in [2.75, 3.05) is 24.8 Å². The van der Waals surface area contributed by atoms with Crippen LogP contribution >= 0.6 is 0 Å². The van der Waals surface area contributed by atoms with E-state index in [4.69, 9.17) is 15.6 Å². The molecule has 0 aromatic heterocycles. The molecule has 0 aliphatic carbocycles. The van der Waals surface area contributed by atoms with Crippen LogP contribution in [0.25, 0.3) is 0 Å². The van der Waals surface area contributed by atoms with E-state index in [0.29, 0.717) is 6.61 Å². The van der Waals surface area contributed by atoms with Gasteiger partial charge in [0.05, 0.1) is 12.2 Å². The quantitative estimate of drug-likeness (QED) is 0.658. The van der Waals surface area contributed by atoms with Crippen molar-refractivity contribution in [2.45, 2.75) is 13.0 Å². The number of carboxylic acids is 1. The summed E-state index contributed by atoms with van der Waals surface area (Å²) in [5, 5.41) is 12.0. The molecule has 1 aromatic carbocycles. The Morgan fingerprint density at radius 2 is 2.31 bits per heavy atom. The minimum atomic E-state index is -1.03. The number of nitrogens with two attached hydrogens (primary N) is 1. The van der Waals surface area contributed by atoms with Gasteiger partial charge in [-0.25, -0.2) is 4.79 Å². The van der Waals surface area contributed by atoms with Gasteiger partial charge < -0.3 is 20.9 Å². The first-order valence-electron chi connectivity index (χ1n) is 4.93. The number of benzene rings is 1. The van der Waals surface area contributed by atoms with E-state index in [2.05, 4.69) is 5.32 Å². The van der Waals surface area contributed by atoms with Crippen molar-refractivity contribution in [2.24, 2.45) is 0 Å². The van der Waals surface area contributed by atoms with Crippen molar-refractivity contribution < 1.29 is 14.6 Å². The highest BCUT2D eigenvalue weighted by atomic mass is 16.5. The lowest BCUT2D eigenvalue weighted by Gasteiger charge is -2.15. The summed E-state index contributed by atoms with van der Waals surface area (Å²) in [4.78, 5) is 10.9. The maximum Gasteiger partial charge on any atom is 0.337 e. The van der Waals surface area contributed by atoms with Gasteiger partial charge in [-0.05, 0) is 25.1 Å². The first kappa shape index (κ1) is 12.3. The molecule has 0 aliphatic heterocycles. The molecule has 0 amide bonds. The van der Waals surface area contributed by atoms with Crippen LogP contribution in [0.2, 0.25) is 0 Å². The Morgan fingerprint density at radius 1 is 1.62 bits per heavy atom. The van der Waals surface area contributed by atoms with E-state index in [1.807, 2.05) is 6.92 Å². The summed E-state index contributed by atoms with van der Waals surface area (Å²) in [5.41, 5.74) is 6.63. The fourth-order valence-electron chi connectivity index (χ4n) is 1.41. The van der Waals surface area contributed by atoms with Gasteiger partial charge in [0.15, 0.2) is 0 Å². The fraction of sp³-hybridized carbons (Fsp3) is 0.364. The van der Waals surface area contributed by atoms with Crippen LogP contribution in [0.5, 0.6) is 0 Å². The van der Waals surface area contributed by atoms with E-state index >= 15 is 0 Å². The summed E-state index contributed by atoms with van der Waals surface area (Å²) >= 11 is 0. The molecule has 4 N–H and O–H groups in total. The predicted octanol–water partition coefficient (Wildman–Crippen LogP) is 1.41. The number of rotatable bonds is 5. The molecule has 1 rings (SSSR count). The fourth-order valence-corrected chi connectivity index (χ4v) is 1.41. The minimum absolute atomic E-state index is 0.106. The van der Waals surface area contributed by atoms with Crippen LogP contribution in [0.3, 0.4) is 0 Å². The molecule has 0 heterocycles. The van der Waals surface area contributed by atoms with Crippen molar-refractivity contribution in [3.63, 3.8) is 0 Å². The van der Waals surface area contributed by atoms with Crippen LogP contribution in [-0.2, 0) is 4.74 Å². The molecule has 0 saturated heterocycles. The Labute approximate surface area is 94.2 Å². The predicted molar refractivity (Wildman–Crippen MR) is 62.8 cm³/mol. The Balaban J connectivity index is 2.82. The highest BCUT2D eigenvalue weighted by molar-refractivity contribution is 5.94. The zero-order valence-corrected chi connectivity index (χ0v) is 9.36. The summed E-state index contributed by atoms with van der Waals surface area (Å²) < 4.78 is 4.97. The number of methoxy groups -OCH3 is 1. The van der Waals surface area contributed by atoms with Crippen LogP contribution in [0.1, 0.15) is 17.3 Å². The molecule has 88 valence electrons. The zero-order chi connectivity index (χ0) is 12.1. The van der Waals surface area contributed by atoms with Gasteiger partial charge in [0.2, 0.25) is 0 Å². The smallest absolute Gasteiger partial charge is 0.337 e. The average Bonchev–Trinajstić information content (AvgIpc) is 2.21. The molecule has 0 fully saturated rings. The average molecular weight is 224 g/mol. The van der Waals surface area contributed by atoms with Crippen LogP contribution < -0.4 is 11.1 Å². The number of nitrogens with one attached hydrogen (secondary N) is 1. The summed E-state index contributed by atoms with van der Waals surface area (Å²) in [6.07, 6.45) is 0. The minimum Gasteiger partial charge on any atom is -0.478 e. The van der Waals surface area contributed by atoms with Gasteiger partial charge >= 0.3 is 5.97 Å². The molecule has 5 nitrogen and oxygen atoms in total. The van der Waals surface area contributed by atoms with Crippen LogP contribution in [0.4, 0.5) is 11.4 Å². The number of anilines is 2. The molecule has 0 bridgehead atoms. The standard InChI is InChI=1S/C11H16N2O3/c1-7(6-16-2)13-8-3-4-10(12)9(5-8)11(14)15/h3-5,7,13H,6,12H2,1-2H3,(H,14,15). The maximum atomic E-state index is 10.9. The summed E-state index contributed by atoms with van der Waals surface area (Å²) in [7, 11) is 1.61. The van der Waals surface area contributed by atoms with Gasteiger partial charge in [0.25, 0.3) is 0 Å². The van der Waals surface area contributed by atoms with Crippen molar-refractivity contribution in [3.8, 4) is 0 Å². The SMILES string of the molecule is COCC(C)Nc1ccc(N)c(C(=O)O)c1. The third-order valence-corrected chi connectivity index (χ3v) is 2.11. The molecule has 5 heteroatoms. The number of hydrogen-bond acceptors (Lipinski definition) is 4. The lowest BCUT2D eigenvalue weighted by atomic mass is 10.1. The molecule has 16 heavy (non-hydrogen) atoms. The highest BCUT2D eigenvalue weighted by Crippen LogP contribution is 2.18. The van der Waals surface area contributed by atoms with Crippen LogP contribution in [-0.4, -0.2) is 30.8 Å². The second-order valence-corrected chi connectivity index (χ2v) is 3.61. The maximum absolute atomic E-state index is 10.9. The van der Waals surface area contributed by atoms with E-state index in [1.165, 1.54) is 6.07 Å². The molecular weight excluding hydrogens is 208 g/mol. The first-order chi connectivity index (χ1) is 7.54. The van der Waals surface area contributed by atoms with Crippen molar-refractivity contribution >= 4 is 17.3 Å². The van der Waals surface area contributed by atoms with Crippen LogP contribution in [0, 0.1) is 0 Å². The van der Waals surface area contributed by atoms with Crippen LogP contribution in [0.15, 0.2) is 18.2 Å². The normalized spacial score (nSPS) is 12.1. The second kappa shape index (κ2) is 5.37. The van der Waals surface area contributed by atoms with Gasteiger partial charge in [-0.1, -0.05) is 0 Å². The highest BCUT2D eigenvalue weighted by Gasteiger charge is 2.09. The summed E-state index contributed by atoms with van der Waals surface area (Å²) in [5.74, 6) is -1.03. The Kier molecular flexibility index (Phi) is 4.13. The lowest BCUT2D eigenvalue weighted by Crippen LogP contribution is -2.21. The number of nitrogen functional groups attached to an aromatic ring is 1. The summed E-state index contributed by atoms with van der Waals surface area (Å²) in [6, 6.07) is 4.94. The Hall–Kier alpha value is -1.75. The Bertz CT molecular complexity index is 379. The van der Waals surface area contributed by atoms with Crippen molar-refractivity contribution in [3.05, 3.63) is 23.8 Å². The molecule has 1 atom stereocenters. The topological polar surface area (TPSA) is 84.6 Å². The van der Waals surface area contributed by atoms with E-state index in [-0.39, 0.29) is 17.3 Å². The van der Waals surface area contributed by atoms with Gasteiger partial charge in [-0.2, -0.15) is 0 Å². The molecule has 0 aliphatic rings. The monoisotopic (exact) mass is 224 g/mol. The molecular formula is C11H16N2O3. The van der Waals surface area contributed by atoms with E-state index in [9.17, 15) is 4.79 Å². The van der Waals surface area contributed by atoms with Gasteiger partial charge in [0.1, 0.15) is 0 Å².